The smallest absolute Gasteiger partial charge is 0.437 e. The van der Waals surface area contributed by atoms with E-state index in [-0.39, 0.29) is 12.2 Å². The van der Waals surface area contributed by atoms with Crippen LogP contribution in [0.15, 0.2) is 40.5 Å². The van der Waals surface area contributed by atoms with Crippen molar-refractivity contribution in [1.29, 1.82) is 0 Å². The molecule has 0 spiro atoms. The summed E-state index contributed by atoms with van der Waals surface area (Å²) in [6.07, 6.45) is -0.928. The molecule has 1 aliphatic heterocycles. The number of nitrogens with two attached hydrogens (primary N) is 2. The second-order valence-corrected chi connectivity index (χ2v) is 7.74. The molecule has 11 heteroatoms. The molecule has 1 aromatic carbocycles. The van der Waals surface area contributed by atoms with Crippen molar-refractivity contribution in [2.45, 2.75) is 26.1 Å². The van der Waals surface area contributed by atoms with Gasteiger partial charge in [-0.2, -0.15) is 4.39 Å². The number of benzene rings is 1. The maximum absolute atomic E-state index is 15.1. The minimum atomic E-state index is -1.27. The summed E-state index contributed by atoms with van der Waals surface area (Å²) >= 11 is 0. The Kier molecular flexibility index (Phi) is 6.58. The van der Waals surface area contributed by atoms with Gasteiger partial charge in [-0.05, 0) is 37.1 Å². The van der Waals surface area contributed by atoms with Crippen molar-refractivity contribution < 1.29 is 23.9 Å². The minimum Gasteiger partial charge on any atom is -0.443 e. The van der Waals surface area contributed by atoms with Crippen molar-refractivity contribution in [2.75, 3.05) is 25.1 Å². The molecule has 2 heterocycles. The maximum Gasteiger partial charge on any atom is 0.437 e. The van der Waals surface area contributed by atoms with Crippen molar-refractivity contribution in [2.24, 2.45) is 21.6 Å². The fraction of sp³-hybridized carbons (Fsp3) is 0.333. The molecule has 0 aliphatic carbocycles. The normalized spacial score (nSPS) is 13.3. The van der Waals surface area contributed by atoms with E-state index < -0.39 is 23.6 Å². The van der Waals surface area contributed by atoms with Gasteiger partial charge in [0.05, 0.1) is 24.4 Å². The standard InChI is InChI=1S/C21H25FN6O4/c1-21(2,30)16-8-15(17(22)25-18(16)28-9-14(10-28)27-31-3)13-6-4-5-12(7-13)11-32-20(29)26-19(23)24/h4-8,30H,9-11H2,1-3H3,(H4,23,24,26,29). The molecule has 5 N–H and O–H groups in total. The van der Waals surface area contributed by atoms with Crippen LogP contribution in [0.1, 0.15) is 25.0 Å². The van der Waals surface area contributed by atoms with Crippen LogP contribution in [0.4, 0.5) is 15.0 Å². The molecule has 0 atom stereocenters. The van der Waals surface area contributed by atoms with E-state index in [1.165, 1.54) is 7.11 Å². The van der Waals surface area contributed by atoms with E-state index in [0.29, 0.717) is 35.6 Å². The average molecular weight is 444 g/mol. The number of hydrogen-bond acceptors (Lipinski definition) is 7. The lowest BCUT2D eigenvalue weighted by Gasteiger charge is -2.36. The molecule has 0 saturated carbocycles. The Bertz CT molecular complexity index is 1070. The molecule has 10 nitrogen and oxygen atoms in total. The van der Waals surface area contributed by atoms with E-state index in [1.807, 2.05) is 0 Å². The molecule has 2 aromatic rings. The second-order valence-electron chi connectivity index (χ2n) is 7.74. The van der Waals surface area contributed by atoms with Crippen LogP contribution in [0.2, 0.25) is 0 Å². The van der Waals surface area contributed by atoms with Crippen molar-refractivity contribution >= 4 is 23.6 Å². The number of pyridine rings is 1. The molecule has 3 rings (SSSR count). The molecule has 0 bridgehead atoms. The van der Waals surface area contributed by atoms with Crippen LogP contribution in [0.25, 0.3) is 11.1 Å². The van der Waals surface area contributed by atoms with Gasteiger partial charge >= 0.3 is 6.09 Å². The molecule has 0 unspecified atom stereocenters. The number of halogens is 1. The topological polar surface area (TPSA) is 149 Å². The van der Waals surface area contributed by atoms with Gasteiger partial charge in [0.25, 0.3) is 0 Å². The predicted octanol–water partition coefficient (Wildman–Crippen LogP) is 1.85. The van der Waals surface area contributed by atoms with E-state index in [2.05, 4.69) is 15.1 Å². The average Bonchev–Trinajstić information content (AvgIpc) is 2.67. The van der Waals surface area contributed by atoms with E-state index in [0.717, 1.165) is 5.71 Å². The lowest BCUT2D eigenvalue weighted by Crippen LogP contribution is -2.49. The van der Waals surface area contributed by atoms with Crippen LogP contribution in [-0.4, -0.2) is 48.1 Å². The lowest BCUT2D eigenvalue weighted by atomic mass is 9.93. The highest BCUT2D eigenvalue weighted by Crippen LogP contribution is 2.35. The van der Waals surface area contributed by atoms with E-state index in [1.54, 1.807) is 49.1 Å². The largest absolute Gasteiger partial charge is 0.443 e. The number of guanidine groups is 1. The Labute approximate surface area is 184 Å². The summed E-state index contributed by atoms with van der Waals surface area (Å²) in [5.41, 5.74) is 11.6. The van der Waals surface area contributed by atoms with Crippen molar-refractivity contribution in [3.8, 4) is 11.1 Å². The summed E-state index contributed by atoms with van der Waals surface area (Å²) in [5.74, 6) is -0.755. The Hall–Kier alpha value is -3.73. The molecule has 1 amide bonds. The molecule has 1 aromatic heterocycles. The molecular formula is C21H25FN6O4. The fourth-order valence-corrected chi connectivity index (χ4v) is 3.22. The molecular weight excluding hydrogens is 419 g/mol. The fourth-order valence-electron chi connectivity index (χ4n) is 3.22. The summed E-state index contributed by atoms with van der Waals surface area (Å²) in [5, 5.41) is 14.6. The van der Waals surface area contributed by atoms with E-state index in [4.69, 9.17) is 21.0 Å². The number of aliphatic imine (C=N–C) groups is 1. The van der Waals surface area contributed by atoms with Crippen LogP contribution >= 0.6 is 0 Å². The number of hydrogen-bond donors (Lipinski definition) is 3. The van der Waals surface area contributed by atoms with Crippen LogP contribution in [0.3, 0.4) is 0 Å². The van der Waals surface area contributed by atoms with Gasteiger partial charge in [0.2, 0.25) is 5.95 Å². The monoisotopic (exact) mass is 444 g/mol. The number of carbonyl (C=O) groups excluding carboxylic acids is 1. The van der Waals surface area contributed by atoms with Crippen LogP contribution < -0.4 is 16.4 Å². The third-order valence-corrected chi connectivity index (χ3v) is 4.70. The number of aliphatic hydroxyl groups is 1. The van der Waals surface area contributed by atoms with Gasteiger partial charge in [-0.25, -0.2) is 9.78 Å². The summed E-state index contributed by atoms with van der Waals surface area (Å²) in [6.45, 7) is 3.97. The Morgan fingerprint density at radius 2 is 2.03 bits per heavy atom. The highest BCUT2D eigenvalue weighted by molar-refractivity contribution is 5.99. The van der Waals surface area contributed by atoms with Crippen molar-refractivity contribution in [3.63, 3.8) is 0 Å². The molecule has 0 radical (unpaired) electrons. The first-order valence-electron chi connectivity index (χ1n) is 9.71. The zero-order valence-electron chi connectivity index (χ0n) is 18.0. The van der Waals surface area contributed by atoms with Crippen LogP contribution in [0, 0.1) is 5.95 Å². The third kappa shape index (κ3) is 5.30. The number of oxime groups is 1. The molecule has 32 heavy (non-hydrogen) atoms. The van der Waals surface area contributed by atoms with Gasteiger partial charge in [0.15, 0.2) is 5.96 Å². The second kappa shape index (κ2) is 9.18. The first kappa shape index (κ1) is 22.9. The summed E-state index contributed by atoms with van der Waals surface area (Å²) in [7, 11) is 1.46. The minimum absolute atomic E-state index is 0.107. The number of carbonyl (C=O) groups is 1. The summed E-state index contributed by atoms with van der Waals surface area (Å²) in [4.78, 5) is 25.5. The zero-order valence-corrected chi connectivity index (χ0v) is 18.0. The van der Waals surface area contributed by atoms with Crippen molar-refractivity contribution in [3.05, 3.63) is 47.4 Å². The van der Waals surface area contributed by atoms with Gasteiger partial charge in [0.1, 0.15) is 19.5 Å². The van der Waals surface area contributed by atoms with Gasteiger partial charge < -0.3 is 31.0 Å². The van der Waals surface area contributed by atoms with Gasteiger partial charge in [0, 0.05) is 11.1 Å². The Balaban J connectivity index is 1.91. The SMILES string of the molecule is CON=C1CN(c2nc(F)c(-c3cccc(COC(=O)N=C(N)N)c3)cc2C(C)(C)O)C1. The highest BCUT2D eigenvalue weighted by Gasteiger charge is 2.32. The number of nitrogens with zero attached hydrogens (tertiary/aromatic N) is 4. The number of rotatable bonds is 6. The molecule has 1 fully saturated rings. The number of ether oxygens (including phenoxy) is 1. The number of amides is 1. The molecule has 1 saturated heterocycles. The summed E-state index contributed by atoms with van der Waals surface area (Å²) < 4.78 is 20.0. The molecule has 170 valence electrons. The summed E-state index contributed by atoms with van der Waals surface area (Å²) in [6, 6.07) is 8.33. The number of anilines is 1. The highest BCUT2D eigenvalue weighted by atomic mass is 19.1. The van der Waals surface area contributed by atoms with Crippen LogP contribution in [0.5, 0.6) is 0 Å². The zero-order chi connectivity index (χ0) is 23.5. The van der Waals surface area contributed by atoms with Gasteiger partial charge in [-0.3, -0.25) is 0 Å². The Morgan fingerprint density at radius 1 is 1.31 bits per heavy atom. The number of aromatic nitrogens is 1. The van der Waals surface area contributed by atoms with E-state index >= 15 is 4.39 Å². The predicted molar refractivity (Wildman–Crippen MR) is 118 cm³/mol. The Morgan fingerprint density at radius 3 is 2.66 bits per heavy atom. The lowest BCUT2D eigenvalue weighted by molar-refractivity contribution is 0.0786. The van der Waals surface area contributed by atoms with Crippen LogP contribution in [-0.2, 0) is 21.8 Å². The third-order valence-electron chi connectivity index (χ3n) is 4.70. The van der Waals surface area contributed by atoms with Crippen molar-refractivity contribution in [1.82, 2.24) is 4.98 Å². The first-order valence-corrected chi connectivity index (χ1v) is 9.71. The maximum atomic E-state index is 15.1. The van der Waals surface area contributed by atoms with E-state index in [9.17, 15) is 9.90 Å². The van der Waals surface area contributed by atoms with Gasteiger partial charge in [-0.1, -0.05) is 23.4 Å². The van der Waals surface area contributed by atoms with Gasteiger partial charge in [-0.15, -0.1) is 4.99 Å². The first-order chi connectivity index (χ1) is 15.1. The molecule has 1 aliphatic rings. The quantitative estimate of drug-likeness (QED) is 0.264.